The molecule has 1 atom stereocenters. The third kappa shape index (κ3) is 4.99. The highest BCUT2D eigenvalue weighted by Crippen LogP contribution is 2.30. The van der Waals surface area contributed by atoms with Crippen LogP contribution in [-0.2, 0) is 11.2 Å². The van der Waals surface area contributed by atoms with E-state index < -0.39 is 0 Å². The van der Waals surface area contributed by atoms with E-state index in [0.717, 1.165) is 17.9 Å². The lowest BCUT2D eigenvalue weighted by molar-refractivity contribution is -0.126. The van der Waals surface area contributed by atoms with Crippen molar-refractivity contribution in [2.75, 3.05) is 18.5 Å². The summed E-state index contributed by atoms with van der Waals surface area (Å²) in [5.41, 5.74) is 1.90. The van der Waals surface area contributed by atoms with Gasteiger partial charge in [-0.1, -0.05) is 19.3 Å². The summed E-state index contributed by atoms with van der Waals surface area (Å²) in [5.74, 6) is 0.439. The molecular formula is C24H27FN2O3. The van der Waals surface area contributed by atoms with E-state index in [1.807, 2.05) is 12.1 Å². The molecule has 0 aromatic heterocycles. The zero-order valence-corrected chi connectivity index (χ0v) is 17.0. The van der Waals surface area contributed by atoms with E-state index in [1.165, 1.54) is 56.4 Å². The highest BCUT2D eigenvalue weighted by Gasteiger charge is 2.27. The molecule has 2 aromatic rings. The molecule has 158 valence electrons. The Morgan fingerprint density at radius 1 is 1.03 bits per heavy atom. The van der Waals surface area contributed by atoms with E-state index in [2.05, 4.69) is 10.6 Å². The van der Waals surface area contributed by atoms with E-state index in [9.17, 15) is 14.0 Å². The molecule has 30 heavy (non-hydrogen) atoms. The number of ether oxygens (including phenoxy) is 1. The molecule has 0 radical (unpaired) electrons. The number of amides is 2. The number of halogens is 1. The number of fused-ring (bicyclic) bond motifs is 1. The van der Waals surface area contributed by atoms with Gasteiger partial charge in [0.25, 0.3) is 5.91 Å². The molecular weight excluding hydrogens is 383 g/mol. The van der Waals surface area contributed by atoms with Gasteiger partial charge in [0.05, 0.1) is 5.92 Å². The second kappa shape index (κ2) is 9.28. The summed E-state index contributed by atoms with van der Waals surface area (Å²) in [6, 6.07) is 10.8. The molecule has 4 rings (SSSR count). The van der Waals surface area contributed by atoms with Crippen LogP contribution in [0.15, 0.2) is 42.5 Å². The molecule has 1 aliphatic heterocycles. The van der Waals surface area contributed by atoms with Gasteiger partial charge in [0.15, 0.2) is 0 Å². The Morgan fingerprint density at radius 3 is 2.57 bits per heavy atom. The van der Waals surface area contributed by atoms with Crippen molar-refractivity contribution in [3.63, 3.8) is 0 Å². The SMILES string of the molecule is O=C(Nc1ccc2c(c1)CC(C(=O)NCC1CCCCC1)CO2)c1ccc(F)cc1. The summed E-state index contributed by atoms with van der Waals surface area (Å²) in [5, 5.41) is 5.93. The van der Waals surface area contributed by atoms with Crippen LogP contribution in [-0.4, -0.2) is 25.0 Å². The number of rotatable bonds is 5. The van der Waals surface area contributed by atoms with Crippen molar-refractivity contribution in [3.8, 4) is 5.75 Å². The van der Waals surface area contributed by atoms with Crippen LogP contribution in [0.1, 0.15) is 48.0 Å². The van der Waals surface area contributed by atoms with Crippen LogP contribution in [0.4, 0.5) is 10.1 Å². The molecule has 2 aromatic carbocycles. The lowest BCUT2D eigenvalue weighted by Crippen LogP contribution is -2.39. The van der Waals surface area contributed by atoms with E-state index in [4.69, 9.17) is 4.74 Å². The Bertz CT molecular complexity index is 907. The van der Waals surface area contributed by atoms with Crippen LogP contribution >= 0.6 is 0 Å². The quantitative estimate of drug-likeness (QED) is 0.771. The van der Waals surface area contributed by atoms with E-state index in [-0.39, 0.29) is 23.5 Å². The number of nitrogens with one attached hydrogen (secondary N) is 2. The first-order valence-electron chi connectivity index (χ1n) is 10.7. The zero-order chi connectivity index (χ0) is 20.9. The monoisotopic (exact) mass is 410 g/mol. The van der Waals surface area contributed by atoms with Crippen molar-refractivity contribution in [1.29, 1.82) is 0 Å². The van der Waals surface area contributed by atoms with Crippen molar-refractivity contribution in [2.24, 2.45) is 11.8 Å². The van der Waals surface area contributed by atoms with Gasteiger partial charge >= 0.3 is 0 Å². The maximum atomic E-state index is 13.0. The Morgan fingerprint density at radius 2 is 1.80 bits per heavy atom. The molecule has 1 heterocycles. The second-order valence-electron chi connectivity index (χ2n) is 8.24. The summed E-state index contributed by atoms with van der Waals surface area (Å²) in [6.45, 7) is 1.11. The summed E-state index contributed by atoms with van der Waals surface area (Å²) < 4.78 is 18.8. The van der Waals surface area contributed by atoms with Crippen molar-refractivity contribution < 1.29 is 18.7 Å². The smallest absolute Gasteiger partial charge is 0.255 e. The van der Waals surface area contributed by atoms with E-state index in [0.29, 0.717) is 30.2 Å². The zero-order valence-electron chi connectivity index (χ0n) is 17.0. The van der Waals surface area contributed by atoms with Crippen molar-refractivity contribution in [2.45, 2.75) is 38.5 Å². The average Bonchev–Trinajstić information content (AvgIpc) is 2.78. The minimum Gasteiger partial charge on any atom is -0.492 e. The molecule has 1 saturated carbocycles. The minimum absolute atomic E-state index is 0.0342. The van der Waals surface area contributed by atoms with Gasteiger partial charge in [-0.2, -0.15) is 0 Å². The second-order valence-corrected chi connectivity index (χ2v) is 8.24. The highest BCUT2D eigenvalue weighted by molar-refractivity contribution is 6.04. The fourth-order valence-corrected chi connectivity index (χ4v) is 4.23. The van der Waals surface area contributed by atoms with Crippen molar-refractivity contribution >= 4 is 17.5 Å². The minimum atomic E-state index is -0.384. The first kappa shape index (κ1) is 20.4. The number of anilines is 1. The number of hydrogen-bond donors (Lipinski definition) is 2. The van der Waals surface area contributed by atoms with Gasteiger partial charge in [-0.15, -0.1) is 0 Å². The number of carbonyl (C=O) groups is 2. The molecule has 0 spiro atoms. The van der Waals surface area contributed by atoms with Gasteiger partial charge in [-0.3, -0.25) is 9.59 Å². The van der Waals surface area contributed by atoms with Gasteiger partial charge in [0.2, 0.25) is 5.91 Å². The summed E-state index contributed by atoms with van der Waals surface area (Å²) >= 11 is 0. The lowest BCUT2D eigenvalue weighted by atomic mass is 9.89. The van der Waals surface area contributed by atoms with Crippen LogP contribution < -0.4 is 15.4 Å². The maximum absolute atomic E-state index is 13.0. The van der Waals surface area contributed by atoms with Gasteiger partial charge in [0, 0.05) is 17.8 Å². The largest absolute Gasteiger partial charge is 0.492 e. The number of carbonyl (C=O) groups excluding carboxylic acids is 2. The summed E-state index contributed by atoms with van der Waals surface area (Å²) in [6.07, 6.45) is 6.78. The molecule has 1 fully saturated rings. The first-order valence-corrected chi connectivity index (χ1v) is 10.7. The topological polar surface area (TPSA) is 67.4 Å². The fraction of sp³-hybridized carbons (Fsp3) is 0.417. The molecule has 6 heteroatoms. The lowest BCUT2D eigenvalue weighted by Gasteiger charge is -2.27. The number of hydrogen-bond acceptors (Lipinski definition) is 3. The van der Waals surface area contributed by atoms with Gasteiger partial charge in [-0.05, 0) is 73.2 Å². The normalized spacial score (nSPS) is 18.8. The van der Waals surface area contributed by atoms with E-state index >= 15 is 0 Å². The fourth-order valence-electron chi connectivity index (χ4n) is 4.23. The predicted octanol–water partition coefficient (Wildman–Crippen LogP) is 4.33. The van der Waals surface area contributed by atoms with Gasteiger partial charge in [0.1, 0.15) is 18.2 Å². The molecule has 1 unspecified atom stereocenters. The molecule has 5 nitrogen and oxygen atoms in total. The first-order chi connectivity index (χ1) is 14.6. The Hall–Kier alpha value is -2.89. The molecule has 2 amide bonds. The highest BCUT2D eigenvalue weighted by atomic mass is 19.1. The van der Waals surface area contributed by atoms with E-state index in [1.54, 1.807) is 6.07 Å². The van der Waals surface area contributed by atoms with Gasteiger partial charge < -0.3 is 15.4 Å². The maximum Gasteiger partial charge on any atom is 0.255 e. The summed E-state index contributed by atoms with van der Waals surface area (Å²) in [7, 11) is 0. The molecule has 1 aliphatic carbocycles. The molecule has 0 bridgehead atoms. The Balaban J connectivity index is 1.36. The third-order valence-corrected chi connectivity index (χ3v) is 5.99. The third-order valence-electron chi connectivity index (χ3n) is 5.99. The van der Waals surface area contributed by atoms with Crippen LogP contribution in [0.2, 0.25) is 0 Å². The van der Waals surface area contributed by atoms with Crippen LogP contribution in [0, 0.1) is 17.7 Å². The summed E-state index contributed by atoms with van der Waals surface area (Å²) in [4.78, 5) is 25.0. The predicted molar refractivity (Wildman–Crippen MR) is 113 cm³/mol. The average molecular weight is 410 g/mol. The van der Waals surface area contributed by atoms with Gasteiger partial charge in [-0.25, -0.2) is 4.39 Å². The van der Waals surface area contributed by atoms with Crippen molar-refractivity contribution in [1.82, 2.24) is 5.32 Å². The van der Waals surface area contributed by atoms with Crippen LogP contribution in [0.25, 0.3) is 0 Å². The standard InChI is InChI=1S/C24H27FN2O3/c25-20-8-6-17(7-9-20)24(29)27-21-10-11-22-18(13-21)12-19(15-30-22)23(28)26-14-16-4-2-1-3-5-16/h6-11,13,16,19H,1-5,12,14-15H2,(H,26,28)(H,27,29). The number of benzene rings is 2. The molecule has 2 N–H and O–H groups in total. The van der Waals surface area contributed by atoms with Crippen LogP contribution in [0.5, 0.6) is 5.75 Å². The van der Waals surface area contributed by atoms with Crippen molar-refractivity contribution in [3.05, 3.63) is 59.4 Å². The van der Waals surface area contributed by atoms with Crippen LogP contribution in [0.3, 0.4) is 0 Å². The molecule has 2 aliphatic rings. The Kier molecular flexibility index (Phi) is 6.31. The Labute approximate surface area is 176 Å². The molecule has 0 saturated heterocycles.